The summed E-state index contributed by atoms with van der Waals surface area (Å²) in [6, 6.07) is 18.0. The molecule has 2 amide bonds. The molecular formula is C25H21BrN4O5S. The number of phenols is 2. The van der Waals surface area contributed by atoms with Crippen LogP contribution in [-0.4, -0.2) is 45.8 Å². The van der Waals surface area contributed by atoms with Crippen molar-refractivity contribution in [3.63, 3.8) is 0 Å². The number of rotatable bonds is 7. The van der Waals surface area contributed by atoms with E-state index in [1.165, 1.54) is 36.4 Å². The van der Waals surface area contributed by atoms with Crippen molar-refractivity contribution in [3.8, 4) is 17.2 Å². The maximum atomic E-state index is 13.3. The van der Waals surface area contributed by atoms with Gasteiger partial charge in [0.2, 0.25) is 11.8 Å². The summed E-state index contributed by atoms with van der Waals surface area (Å²) in [6.07, 6.45) is 1.38. The lowest BCUT2D eigenvalue weighted by Gasteiger charge is -2.16. The van der Waals surface area contributed by atoms with E-state index < -0.39 is 5.25 Å². The molecule has 184 valence electrons. The highest BCUT2D eigenvalue weighted by Gasteiger charge is 2.40. The number of amides is 2. The smallest absolute Gasteiger partial charge is 0.247 e. The molecule has 4 rings (SSSR count). The van der Waals surface area contributed by atoms with Crippen LogP contribution < -0.4 is 15.0 Å². The molecule has 1 aliphatic heterocycles. The van der Waals surface area contributed by atoms with Crippen molar-refractivity contribution in [1.82, 2.24) is 0 Å². The van der Waals surface area contributed by atoms with Crippen LogP contribution in [0.5, 0.6) is 17.2 Å². The zero-order chi connectivity index (χ0) is 25.7. The SMILES string of the molecule is COc1cc(/C=N/N=C2SC(CC(=O)Nc3ccc(Br)cc3)C(=O)N2c2cccc(O)c2)ccc1O. The Kier molecular flexibility index (Phi) is 7.91. The fourth-order valence-electron chi connectivity index (χ4n) is 3.37. The predicted octanol–water partition coefficient (Wildman–Crippen LogP) is 4.74. The van der Waals surface area contributed by atoms with Gasteiger partial charge in [0.1, 0.15) is 11.0 Å². The van der Waals surface area contributed by atoms with Gasteiger partial charge in [-0.1, -0.05) is 33.8 Å². The highest BCUT2D eigenvalue weighted by molar-refractivity contribution is 9.10. The normalized spacial score (nSPS) is 16.6. The van der Waals surface area contributed by atoms with Crippen molar-refractivity contribution >= 4 is 62.3 Å². The molecule has 0 spiro atoms. The quantitative estimate of drug-likeness (QED) is 0.279. The van der Waals surface area contributed by atoms with Gasteiger partial charge < -0.3 is 20.3 Å². The van der Waals surface area contributed by atoms with Gasteiger partial charge in [-0.3, -0.25) is 14.5 Å². The lowest BCUT2D eigenvalue weighted by molar-refractivity contribution is -0.121. The van der Waals surface area contributed by atoms with Crippen molar-refractivity contribution in [2.45, 2.75) is 11.7 Å². The molecule has 3 aromatic rings. The summed E-state index contributed by atoms with van der Waals surface area (Å²) in [7, 11) is 1.44. The van der Waals surface area contributed by atoms with Crippen molar-refractivity contribution in [2.24, 2.45) is 10.2 Å². The van der Waals surface area contributed by atoms with Gasteiger partial charge in [-0.15, -0.1) is 5.10 Å². The Labute approximate surface area is 219 Å². The lowest BCUT2D eigenvalue weighted by Crippen LogP contribution is -2.33. The Morgan fingerprint density at radius 1 is 1.17 bits per heavy atom. The second-order valence-corrected chi connectivity index (χ2v) is 9.70. The number of thioether (sulfide) groups is 1. The van der Waals surface area contributed by atoms with Crippen LogP contribution in [0.15, 0.2) is 81.4 Å². The van der Waals surface area contributed by atoms with E-state index in [4.69, 9.17) is 4.74 Å². The second-order valence-electron chi connectivity index (χ2n) is 7.62. The van der Waals surface area contributed by atoms with Gasteiger partial charge >= 0.3 is 0 Å². The minimum atomic E-state index is -0.731. The number of carbonyl (C=O) groups excluding carboxylic acids is 2. The van der Waals surface area contributed by atoms with Gasteiger partial charge in [0.15, 0.2) is 16.7 Å². The number of nitrogens with one attached hydrogen (secondary N) is 1. The van der Waals surface area contributed by atoms with E-state index in [-0.39, 0.29) is 40.7 Å². The van der Waals surface area contributed by atoms with Crippen LogP contribution in [-0.2, 0) is 9.59 Å². The summed E-state index contributed by atoms with van der Waals surface area (Å²) >= 11 is 4.46. The maximum absolute atomic E-state index is 13.3. The van der Waals surface area contributed by atoms with Gasteiger partial charge in [-0.25, -0.2) is 0 Å². The largest absolute Gasteiger partial charge is 0.508 e. The molecule has 1 saturated heterocycles. The van der Waals surface area contributed by atoms with Crippen LogP contribution in [0.1, 0.15) is 12.0 Å². The van der Waals surface area contributed by atoms with Crippen LogP contribution >= 0.6 is 27.7 Å². The molecule has 9 nitrogen and oxygen atoms in total. The van der Waals surface area contributed by atoms with Gasteiger partial charge in [-0.2, -0.15) is 5.10 Å². The number of halogens is 1. The average Bonchev–Trinajstić information content (AvgIpc) is 3.16. The van der Waals surface area contributed by atoms with Gasteiger partial charge in [0, 0.05) is 22.6 Å². The number of hydrogen-bond acceptors (Lipinski definition) is 8. The van der Waals surface area contributed by atoms with Crippen molar-refractivity contribution in [2.75, 3.05) is 17.3 Å². The number of hydrogen-bond donors (Lipinski definition) is 3. The van der Waals surface area contributed by atoms with Crippen LogP contribution in [0, 0.1) is 0 Å². The highest BCUT2D eigenvalue weighted by atomic mass is 79.9. The van der Waals surface area contributed by atoms with Crippen LogP contribution in [0.25, 0.3) is 0 Å². The number of amidine groups is 1. The number of benzene rings is 3. The first-order chi connectivity index (χ1) is 17.3. The van der Waals surface area contributed by atoms with Crippen LogP contribution in [0.4, 0.5) is 11.4 Å². The molecule has 1 atom stereocenters. The molecule has 0 aliphatic carbocycles. The first-order valence-corrected chi connectivity index (χ1v) is 12.3. The number of nitrogens with zero attached hydrogens (tertiary/aromatic N) is 3. The summed E-state index contributed by atoms with van der Waals surface area (Å²) in [6.45, 7) is 0. The molecular weight excluding hydrogens is 548 g/mol. The fraction of sp³-hybridized carbons (Fsp3) is 0.120. The third kappa shape index (κ3) is 6.04. The first-order valence-electron chi connectivity index (χ1n) is 10.7. The van der Waals surface area contributed by atoms with E-state index in [0.29, 0.717) is 16.9 Å². The number of phenolic OH excluding ortho intramolecular Hbond substituents is 2. The zero-order valence-electron chi connectivity index (χ0n) is 19.0. The summed E-state index contributed by atoms with van der Waals surface area (Å²) in [5.41, 5.74) is 1.65. The maximum Gasteiger partial charge on any atom is 0.247 e. The zero-order valence-corrected chi connectivity index (χ0v) is 21.4. The molecule has 0 saturated carbocycles. The lowest BCUT2D eigenvalue weighted by atomic mass is 10.2. The predicted molar refractivity (Wildman–Crippen MR) is 144 cm³/mol. The highest BCUT2D eigenvalue weighted by Crippen LogP contribution is 2.35. The van der Waals surface area contributed by atoms with E-state index >= 15 is 0 Å². The fourth-order valence-corrected chi connectivity index (χ4v) is 4.72. The molecule has 0 bridgehead atoms. The number of aromatic hydroxyl groups is 2. The third-order valence-electron chi connectivity index (χ3n) is 5.08. The molecule has 0 aromatic heterocycles. The summed E-state index contributed by atoms with van der Waals surface area (Å²) < 4.78 is 5.98. The Balaban J connectivity index is 1.56. The summed E-state index contributed by atoms with van der Waals surface area (Å²) in [5.74, 6) is -0.398. The monoisotopic (exact) mass is 568 g/mol. The molecule has 3 N–H and O–H groups in total. The molecule has 1 fully saturated rings. The molecule has 36 heavy (non-hydrogen) atoms. The van der Waals surface area contributed by atoms with E-state index in [0.717, 1.165) is 16.2 Å². The number of methoxy groups -OCH3 is 1. The van der Waals surface area contributed by atoms with Gasteiger partial charge in [0.25, 0.3) is 0 Å². The molecule has 0 radical (unpaired) electrons. The average molecular weight is 569 g/mol. The van der Waals surface area contributed by atoms with Crippen molar-refractivity contribution in [3.05, 3.63) is 76.8 Å². The van der Waals surface area contributed by atoms with Crippen molar-refractivity contribution in [1.29, 1.82) is 0 Å². The standard InChI is InChI=1S/C25H21BrN4O5S/c1-35-21-11-15(5-10-20(21)32)14-27-29-25-30(18-3-2-4-19(31)12-18)24(34)22(36-25)13-23(33)28-17-8-6-16(26)7-9-17/h2-12,14,22,31-32H,13H2,1H3,(H,28,33)/b27-14+,29-25?. The Hall–Kier alpha value is -3.83. The van der Waals surface area contributed by atoms with E-state index in [1.54, 1.807) is 48.5 Å². The molecule has 1 heterocycles. The number of anilines is 2. The van der Waals surface area contributed by atoms with Gasteiger partial charge in [0.05, 0.1) is 19.0 Å². The third-order valence-corrected chi connectivity index (χ3v) is 6.73. The summed E-state index contributed by atoms with van der Waals surface area (Å²) in [5, 5.41) is 30.3. The van der Waals surface area contributed by atoms with Crippen LogP contribution in [0.2, 0.25) is 0 Å². The Morgan fingerprint density at radius 2 is 1.94 bits per heavy atom. The molecule has 3 aromatic carbocycles. The minimum Gasteiger partial charge on any atom is -0.508 e. The second kappa shape index (κ2) is 11.3. The van der Waals surface area contributed by atoms with Crippen molar-refractivity contribution < 1.29 is 24.5 Å². The molecule has 1 unspecified atom stereocenters. The van der Waals surface area contributed by atoms with Gasteiger partial charge in [-0.05, 0) is 60.2 Å². The topological polar surface area (TPSA) is 124 Å². The van der Waals surface area contributed by atoms with E-state index in [9.17, 15) is 19.8 Å². The molecule has 11 heteroatoms. The van der Waals surface area contributed by atoms with E-state index in [1.807, 2.05) is 0 Å². The summed E-state index contributed by atoms with van der Waals surface area (Å²) in [4.78, 5) is 27.2. The Morgan fingerprint density at radius 3 is 2.67 bits per heavy atom. The number of ether oxygens (including phenoxy) is 1. The minimum absolute atomic E-state index is 0.00257. The molecule has 1 aliphatic rings. The number of carbonyl (C=O) groups is 2. The van der Waals surface area contributed by atoms with Crippen LogP contribution in [0.3, 0.4) is 0 Å². The Bertz CT molecular complexity index is 1350. The van der Waals surface area contributed by atoms with E-state index in [2.05, 4.69) is 31.4 Å². The first kappa shape index (κ1) is 25.3.